The van der Waals surface area contributed by atoms with Crippen molar-refractivity contribution in [3.05, 3.63) is 34.4 Å². The molecule has 4 N–H and O–H groups in total. The Hall–Kier alpha value is -3.78. The first-order chi connectivity index (χ1) is 17.8. The molecule has 0 unspecified atom stereocenters. The van der Waals surface area contributed by atoms with Crippen LogP contribution in [0.15, 0.2) is 24.3 Å². The number of amides is 4. The molecule has 0 heterocycles. The summed E-state index contributed by atoms with van der Waals surface area (Å²) in [4.78, 5) is 56.2. The Morgan fingerprint density at radius 1 is 0.784 bits per heavy atom. The van der Waals surface area contributed by atoms with Gasteiger partial charge >= 0.3 is 0 Å². The second-order valence-corrected chi connectivity index (χ2v) is 7.73. The van der Waals surface area contributed by atoms with Gasteiger partial charge in [-0.3, -0.25) is 29.3 Å². The number of hydrogen-bond donors (Lipinski definition) is 4. The van der Waals surface area contributed by atoms with Gasteiger partial charge in [0.15, 0.2) is 0 Å². The van der Waals surface area contributed by atoms with Crippen molar-refractivity contribution in [2.75, 3.05) is 59.7 Å². The largest absolute Gasteiger partial charge is 0.491 e. The number of likely N-dealkylation sites (N-methyl/N-ethyl adjacent to an activating group) is 1. The predicted molar refractivity (Wildman–Crippen MR) is 132 cm³/mol. The van der Waals surface area contributed by atoms with E-state index >= 15 is 0 Å². The summed E-state index contributed by atoms with van der Waals surface area (Å²) in [5.41, 5.74) is -0.0856. The summed E-state index contributed by atoms with van der Waals surface area (Å²) in [6.07, 6.45) is 3.28. The van der Waals surface area contributed by atoms with E-state index in [0.717, 1.165) is 25.7 Å². The van der Waals surface area contributed by atoms with Crippen LogP contribution in [0, 0.1) is 10.1 Å². The number of benzene rings is 1. The maximum atomic E-state index is 11.8. The second kappa shape index (κ2) is 19.4. The summed E-state index contributed by atoms with van der Waals surface area (Å²) >= 11 is 0. The lowest BCUT2D eigenvalue weighted by Crippen LogP contribution is -2.34. The van der Waals surface area contributed by atoms with Crippen LogP contribution >= 0.6 is 0 Å². The van der Waals surface area contributed by atoms with Crippen LogP contribution in [0.25, 0.3) is 0 Å². The van der Waals surface area contributed by atoms with Crippen LogP contribution in [0.5, 0.6) is 5.75 Å². The van der Waals surface area contributed by atoms with E-state index < -0.39 is 10.8 Å². The zero-order valence-corrected chi connectivity index (χ0v) is 20.9. The van der Waals surface area contributed by atoms with Crippen LogP contribution in [-0.2, 0) is 28.7 Å². The molecule has 4 amide bonds. The summed E-state index contributed by atoms with van der Waals surface area (Å²) in [7, 11) is 1.49. The van der Waals surface area contributed by atoms with Crippen molar-refractivity contribution in [3.8, 4) is 5.75 Å². The molecule has 37 heavy (non-hydrogen) atoms. The van der Waals surface area contributed by atoms with Gasteiger partial charge in [-0.2, -0.15) is 0 Å². The number of hydrogen-bond acceptors (Lipinski definition) is 9. The van der Waals surface area contributed by atoms with Gasteiger partial charge in [0.1, 0.15) is 38.8 Å². The molecule has 14 nitrogen and oxygen atoms in total. The number of carbonyl (C=O) groups is 4. The fraction of sp³-hybridized carbons (Fsp3) is 0.565. The van der Waals surface area contributed by atoms with Crippen molar-refractivity contribution >= 4 is 29.3 Å². The summed E-state index contributed by atoms with van der Waals surface area (Å²) in [6.45, 7) is 0.419. The van der Waals surface area contributed by atoms with Crippen molar-refractivity contribution < 1.29 is 38.3 Å². The minimum absolute atomic E-state index is 0.0856. The van der Waals surface area contributed by atoms with Gasteiger partial charge in [-0.05, 0) is 18.9 Å². The number of rotatable bonds is 20. The number of non-ortho nitro benzene ring substituents is 1. The lowest BCUT2D eigenvalue weighted by Gasteiger charge is -2.09. The van der Waals surface area contributed by atoms with Crippen LogP contribution in [-0.4, -0.2) is 88.3 Å². The number of nitrogens with zero attached hydrogens (tertiary/aromatic N) is 1. The summed E-state index contributed by atoms with van der Waals surface area (Å²) < 4.78 is 15.4. The average molecular weight is 526 g/mol. The smallest absolute Gasteiger partial charge is 0.273 e. The molecule has 0 atom stereocenters. The highest BCUT2D eigenvalue weighted by Crippen LogP contribution is 2.18. The number of carbonyl (C=O) groups excluding carboxylic acids is 4. The minimum atomic E-state index is -0.523. The molecule has 1 aromatic rings. The molecular weight excluding hydrogens is 490 g/mol. The molecule has 14 heteroatoms. The van der Waals surface area contributed by atoms with Crippen molar-refractivity contribution in [1.29, 1.82) is 0 Å². The Morgan fingerprint density at radius 3 is 1.81 bits per heavy atom. The standard InChI is InChI=1S/C23H35N5O9/c1-24-20(29)14-35-15-21(30)25-9-4-2-3-5-10-26-22(31)16-36-17-23(32)27-11-12-37-19-8-6-7-18(13-19)28(33)34/h6-8,13H,2-5,9-12,14-17H2,1H3,(H,24,29)(H,25,30)(H,26,31)(H,27,32). The first kappa shape index (κ1) is 31.3. The Morgan fingerprint density at radius 2 is 1.30 bits per heavy atom. The van der Waals surface area contributed by atoms with Crippen molar-refractivity contribution in [3.63, 3.8) is 0 Å². The second-order valence-electron chi connectivity index (χ2n) is 7.73. The Kier molecular flexibility index (Phi) is 16.4. The Bertz CT molecular complexity index is 882. The lowest BCUT2D eigenvalue weighted by atomic mass is 10.2. The zero-order valence-electron chi connectivity index (χ0n) is 20.9. The molecule has 0 radical (unpaired) electrons. The average Bonchev–Trinajstić information content (AvgIpc) is 2.88. The minimum Gasteiger partial charge on any atom is -0.491 e. The molecule has 0 aliphatic rings. The zero-order chi connectivity index (χ0) is 27.3. The Balaban J connectivity index is 1.94. The van der Waals surface area contributed by atoms with Gasteiger partial charge in [-0.1, -0.05) is 18.9 Å². The van der Waals surface area contributed by atoms with E-state index in [9.17, 15) is 29.3 Å². The van der Waals surface area contributed by atoms with Crippen LogP contribution < -0.4 is 26.0 Å². The van der Waals surface area contributed by atoms with Gasteiger partial charge in [-0.25, -0.2) is 0 Å². The topological polar surface area (TPSA) is 187 Å². The third-order valence-corrected chi connectivity index (χ3v) is 4.68. The van der Waals surface area contributed by atoms with E-state index in [1.165, 1.54) is 25.2 Å². The molecule has 1 aromatic carbocycles. The van der Waals surface area contributed by atoms with Gasteiger partial charge in [0.25, 0.3) is 5.69 Å². The highest BCUT2D eigenvalue weighted by Gasteiger charge is 2.08. The maximum absolute atomic E-state index is 11.8. The van der Waals surface area contributed by atoms with Crippen LogP contribution in [0.4, 0.5) is 5.69 Å². The van der Waals surface area contributed by atoms with E-state index in [1.807, 2.05) is 0 Å². The molecule has 0 bridgehead atoms. The quantitative estimate of drug-likeness (QED) is 0.100. The van der Waals surface area contributed by atoms with Gasteiger partial charge in [0.2, 0.25) is 23.6 Å². The third kappa shape index (κ3) is 16.5. The number of nitro benzene ring substituents is 1. The van der Waals surface area contributed by atoms with Gasteiger partial charge < -0.3 is 35.5 Å². The van der Waals surface area contributed by atoms with E-state index in [2.05, 4.69) is 21.3 Å². The number of nitro groups is 1. The fourth-order valence-corrected chi connectivity index (χ4v) is 2.80. The first-order valence-electron chi connectivity index (χ1n) is 11.8. The normalized spacial score (nSPS) is 10.3. The predicted octanol–water partition coefficient (Wildman–Crippen LogP) is -0.338. The third-order valence-electron chi connectivity index (χ3n) is 4.68. The highest BCUT2D eigenvalue weighted by molar-refractivity contribution is 5.80. The number of unbranched alkanes of at least 4 members (excludes halogenated alkanes) is 3. The first-order valence-corrected chi connectivity index (χ1v) is 11.8. The lowest BCUT2D eigenvalue weighted by molar-refractivity contribution is -0.384. The molecule has 206 valence electrons. The SMILES string of the molecule is CNC(=O)COCC(=O)NCCCCCCNC(=O)COCC(=O)NCCOc1cccc([N+](=O)[O-])c1. The summed E-state index contributed by atoms with van der Waals surface area (Å²) in [5, 5.41) is 21.1. The van der Waals surface area contributed by atoms with Gasteiger partial charge in [-0.15, -0.1) is 0 Å². The fourth-order valence-electron chi connectivity index (χ4n) is 2.80. The molecule has 0 fully saturated rings. The molecule has 0 spiro atoms. The molecule has 0 aromatic heterocycles. The maximum Gasteiger partial charge on any atom is 0.273 e. The molecule has 0 aliphatic heterocycles. The monoisotopic (exact) mass is 525 g/mol. The van der Waals surface area contributed by atoms with Crippen LogP contribution in [0.3, 0.4) is 0 Å². The van der Waals surface area contributed by atoms with E-state index in [-0.39, 0.29) is 63.0 Å². The van der Waals surface area contributed by atoms with E-state index in [0.29, 0.717) is 18.8 Å². The molecule has 0 aliphatic carbocycles. The van der Waals surface area contributed by atoms with E-state index in [1.54, 1.807) is 6.07 Å². The van der Waals surface area contributed by atoms with E-state index in [4.69, 9.17) is 14.2 Å². The van der Waals surface area contributed by atoms with Crippen molar-refractivity contribution in [1.82, 2.24) is 21.3 Å². The Labute approximate surface area is 214 Å². The summed E-state index contributed by atoms with van der Waals surface area (Å²) in [6, 6.07) is 5.72. The van der Waals surface area contributed by atoms with Gasteiger partial charge in [0.05, 0.1) is 17.5 Å². The number of nitrogens with one attached hydrogen (secondary N) is 4. The summed E-state index contributed by atoms with van der Waals surface area (Å²) in [5.74, 6) is -0.994. The van der Waals surface area contributed by atoms with Gasteiger partial charge in [0, 0.05) is 26.2 Å². The molecule has 0 saturated heterocycles. The molecule has 1 rings (SSSR count). The van der Waals surface area contributed by atoms with Crippen molar-refractivity contribution in [2.45, 2.75) is 25.7 Å². The highest BCUT2D eigenvalue weighted by atomic mass is 16.6. The van der Waals surface area contributed by atoms with Crippen molar-refractivity contribution in [2.24, 2.45) is 0 Å². The number of ether oxygens (including phenoxy) is 3. The van der Waals surface area contributed by atoms with Crippen LogP contribution in [0.1, 0.15) is 25.7 Å². The molecule has 0 saturated carbocycles. The molecular formula is C23H35N5O9. The van der Waals surface area contributed by atoms with Crippen LogP contribution in [0.2, 0.25) is 0 Å².